The van der Waals surface area contributed by atoms with Crippen LogP contribution in [-0.4, -0.2) is 46.9 Å². The van der Waals surface area contributed by atoms with Crippen molar-refractivity contribution >= 4 is 17.8 Å². The van der Waals surface area contributed by atoms with Gasteiger partial charge in [0.2, 0.25) is 11.8 Å². The van der Waals surface area contributed by atoms with Gasteiger partial charge in [-0.15, -0.1) is 0 Å². The maximum Gasteiger partial charge on any atom is 0.315 e. The molecule has 0 heterocycles. The zero-order chi connectivity index (χ0) is 13.6. The summed E-state index contributed by atoms with van der Waals surface area (Å²) in [4.78, 5) is 35.1. The van der Waals surface area contributed by atoms with Crippen molar-refractivity contribution in [2.24, 2.45) is 5.92 Å². The molecular formula is C11H20N2O4. The molecule has 0 aliphatic heterocycles. The Morgan fingerprint density at radius 3 is 2.12 bits per heavy atom. The molecule has 6 nitrogen and oxygen atoms in total. The van der Waals surface area contributed by atoms with Crippen LogP contribution in [-0.2, 0) is 14.4 Å². The van der Waals surface area contributed by atoms with Gasteiger partial charge in [-0.1, -0.05) is 0 Å². The number of likely N-dealkylation sites (N-methyl/N-ethyl adjacent to an activating group) is 1. The summed E-state index contributed by atoms with van der Waals surface area (Å²) in [5.74, 6) is -3.13. The van der Waals surface area contributed by atoms with Crippen LogP contribution in [0.4, 0.5) is 0 Å². The Morgan fingerprint density at radius 2 is 1.76 bits per heavy atom. The molecule has 0 aromatic heterocycles. The molecule has 0 rings (SSSR count). The van der Waals surface area contributed by atoms with Gasteiger partial charge in [0.1, 0.15) is 5.92 Å². The summed E-state index contributed by atoms with van der Waals surface area (Å²) in [6.45, 7) is 6.85. The van der Waals surface area contributed by atoms with E-state index in [4.69, 9.17) is 5.11 Å². The summed E-state index contributed by atoms with van der Waals surface area (Å²) < 4.78 is 0. The molecule has 0 saturated carbocycles. The van der Waals surface area contributed by atoms with E-state index in [1.54, 1.807) is 6.92 Å². The number of nitrogens with zero attached hydrogens (tertiary/aromatic N) is 1. The minimum absolute atomic E-state index is 0.00629. The van der Waals surface area contributed by atoms with Crippen LogP contribution in [0.25, 0.3) is 0 Å². The summed E-state index contributed by atoms with van der Waals surface area (Å²) in [6.07, 6.45) is 0. The second kappa shape index (κ2) is 6.88. The van der Waals surface area contributed by atoms with E-state index in [0.717, 1.165) is 0 Å². The zero-order valence-electron chi connectivity index (χ0n) is 10.7. The van der Waals surface area contributed by atoms with Gasteiger partial charge in [-0.05, 0) is 27.7 Å². The first-order valence-corrected chi connectivity index (χ1v) is 5.60. The van der Waals surface area contributed by atoms with Crippen LogP contribution in [0.2, 0.25) is 0 Å². The Morgan fingerprint density at radius 1 is 1.24 bits per heavy atom. The Bertz CT molecular complexity index is 302. The highest BCUT2D eigenvalue weighted by molar-refractivity contribution is 5.97. The third-order valence-corrected chi connectivity index (χ3v) is 2.22. The van der Waals surface area contributed by atoms with Crippen LogP contribution in [0, 0.1) is 5.92 Å². The number of nitrogens with one attached hydrogen (secondary N) is 1. The van der Waals surface area contributed by atoms with Gasteiger partial charge in [0, 0.05) is 12.6 Å². The summed E-state index contributed by atoms with van der Waals surface area (Å²) >= 11 is 0. The fourth-order valence-electron chi connectivity index (χ4n) is 1.27. The zero-order valence-corrected chi connectivity index (χ0v) is 10.7. The standard InChI is InChI=1S/C11H20N2O4/c1-5-13(6-9(14)12-7(2)3)10(15)8(4)11(16)17/h7-8H,5-6H2,1-4H3,(H,12,14)(H,16,17). The van der Waals surface area contributed by atoms with Crippen molar-refractivity contribution in [2.75, 3.05) is 13.1 Å². The van der Waals surface area contributed by atoms with Crippen LogP contribution >= 0.6 is 0 Å². The Balaban J connectivity index is 4.47. The first kappa shape index (κ1) is 15.4. The number of carbonyl (C=O) groups is 3. The van der Waals surface area contributed by atoms with E-state index in [2.05, 4.69) is 5.32 Å². The lowest BCUT2D eigenvalue weighted by Crippen LogP contribution is -2.45. The van der Waals surface area contributed by atoms with Gasteiger partial charge in [-0.2, -0.15) is 0 Å². The molecule has 0 aliphatic carbocycles. The molecular weight excluding hydrogens is 224 g/mol. The van der Waals surface area contributed by atoms with E-state index in [9.17, 15) is 14.4 Å². The molecule has 2 N–H and O–H groups in total. The van der Waals surface area contributed by atoms with Crippen molar-refractivity contribution in [2.45, 2.75) is 33.7 Å². The number of hydrogen-bond acceptors (Lipinski definition) is 3. The van der Waals surface area contributed by atoms with Gasteiger partial charge in [0.05, 0.1) is 6.54 Å². The highest BCUT2D eigenvalue weighted by atomic mass is 16.4. The van der Waals surface area contributed by atoms with Gasteiger partial charge < -0.3 is 15.3 Å². The van der Waals surface area contributed by atoms with Crippen LogP contribution in [0.5, 0.6) is 0 Å². The van der Waals surface area contributed by atoms with Crippen molar-refractivity contribution in [1.82, 2.24) is 10.2 Å². The quantitative estimate of drug-likeness (QED) is 0.648. The van der Waals surface area contributed by atoms with Gasteiger partial charge in [-0.3, -0.25) is 14.4 Å². The van der Waals surface area contributed by atoms with E-state index < -0.39 is 17.8 Å². The molecule has 0 radical (unpaired) electrons. The lowest BCUT2D eigenvalue weighted by molar-refractivity contribution is -0.151. The Hall–Kier alpha value is -1.59. The molecule has 0 bridgehead atoms. The topological polar surface area (TPSA) is 86.7 Å². The van der Waals surface area contributed by atoms with Gasteiger partial charge in [0.25, 0.3) is 0 Å². The molecule has 6 heteroatoms. The van der Waals surface area contributed by atoms with E-state index in [0.29, 0.717) is 6.54 Å². The first-order valence-electron chi connectivity index (χ1n) is 5.60. The Labute approximate surface area is 101 Å². The first-order chi connectivity index (χ1) is 7.79. The average Bonchev–Trinajstić information content (AvgIpc) is 2.22. The molecule has 17 heavy (non-hydrogen) atoms. The fourth-order valence-corrected chi connectivity index (χ4v) is 1.27. The predicted octanol–water partition coefficient (Wildman–Crippen LogP) is 0.0802. The summed E-state index contributed by atoms with van der Waals surface area (Å²) in [5, 5.41) is 11.4. The average molecular weight is 244 g/mol. The van der Waals surface area contributed by atoms with Crippen molar-refractivity contribution in [1.29, 1.82) is 0 Å². The molecule has 0 spiro atoms. The lowest BCUT2D eigenvalue weighted by atomic mass is 10.1. The van der Waals surface area contributed by atoms with E-state index >= 15 is 0 Å². The van der Waals surface area contributed by atoms with Crippen LogP contribution in [0.1, 0.15) is 27.7 Å². The van der Waals surface area contributed by atoms with E-state index in [1.165, 1.54) is 11.8 Å². The molecule has 0 aromatic rings. The van der Waals surface area contributed by atoms with Crippen molar-refractivity contribution in [3.8, 4) is 0 Å². The van der Waals surface area contributed by atoms with E-state index in [-0.39, 0.29) is 18.5 Å². The van der Waals surface area contributed by atoms with Gasteiger partial charge in [-0.25, -0.2) is 0 Å². The lowest BCUT2D eigenvalue weighted by Gasteiger charge is -2.22. The number of rotatable bonds is 6. The smallest absolute Gasteiger partial charge is 0.315 e. The number of hydrogen-bond donors (Lipinski definition) is 2. The monoisotopic (exact) mass is 244 g/mol. The van der Waals surface area contributed by atoms with Crippen LogP contribution in [0.3, 0.4) is 0 Å². The largest absolute Gasteiger partial charge is 0.481 e. The van der Waals surface area contributed by atoms with Crippen molar-refractivity contribution < 1.29 is 19.5 Å². The highest BCUT2D eigenvalue weighted by Gasteiger charge is 2.26. The molecule has 98 valence electrons. The molecule has 0 saturated heterocycles. The molecule has 0 aromatic carbocycles. The predicted molar refractivity (Wildman–Crippen MR) is 62.3 cm³/mol. The fraction of sp³-hybridized carbons (Fsp3) is 0.727. The number of carbonyl (C=O) groups excluding carboxylic acids is 2. The number of amides is 2. The summed E-state index contributed by atoms with van der Waals surface area (Å²) in [5.41, 5.74) is 0. The minimum atomic E-state index is -1.18. The third kappa shape index (κ3) is 5.33. The second-order valence-corrected chi connectivity index (χ2v) is 4.13. The van der Waals surface area contributed by atoms with Gasteiger partial charge >= 0.3 is 5.97 Å². The van der Waals surface area contributed by atoms with E-state index in [1.807, 2.05) is 13.8 Å². The number of carboxylic acids is 1. The molecule has 0 fully saturated rings. The normalized spacial score (nSPS) is 12.1. The maximum absolute atomic E-state index is 11.7. The minimum Gasteiger partial charge on any atom is -0.481 e. The van der Waals surface area contributed by atoms with Crippen molar-refractivity contribution in [3.05, 3.63) is 0 Å². The number of carboxylic acid groups (broad SMARTS) is 1. The maximum atomic E-state index is 11.7. The van der Waals surface area contributed by atoms with Crippen LogP contribution in [0.15, 0.2) is 0 Å². The van der Waals surface area contributed by atoms with Crippen molar-refractivity contribution in [3.63, 3.8) is 0 Å². The van der Waals surface area contributed by atoms with Gasteiger partial charge in [0.15, 0.2) is 0 Å². The second-order valence-electron chi connectivity index (χ2n) is 4.13. The highest BCUT2D eigenvalue weighted by Crippen LogP contribution is 2.02. The third-order valence-electron chi connectivity index (χ3n) is 2.22. The molecule has 1 unspecified atom stereocenters. The van der Waals surface area contributed by atoms with Crippen LogP contribution < -0.4 is 5.32 Å². The number of aliphatic carboxylic acids is 1. The molecule has 0 aliphatic rings. The summed E-state index contributed by atoms with van der Waals surface area (Å²) in [7, 11) is 0. The molecule has 1 atom stereocenters. The Kier molecular flexibility index (Phi) is 6.23. The molecule has 2 amide bonds. The summed E-state index contributed by atoms with van der Waals surface area (Å²) in [6, 6.07) is -0.00629. The SMILES string of the molecule is CCN(CC(=O)NC(C)C)C(=O)C(C)C(=O)O.